The van der Waals surface area contributed by atoms with Crippen molar-refractivity contribution in [2.45, 2.75) is 26.5 Å². The fraction of sp³-hybridized carbons (Fsp3) is 0.368. The molecule has 0 amide bonds. The van der Waals surface area contributed by atoms with E-state index in [2.05, 4.69) is 20.1 Å². The van der Waals surface area contributed by atoms with Gasteiger partial charge in [-0.15, -0.1) is 0 Å². The fourth-order valence-electron chi connectivity index (χ4n) is 3.15. The summed E-state index contributed by atoms with van der Waals surface area (Å²) in [4.78, 5) is 19.0. The summed E-state index contributed by atoms with van der Waals surface area (Å²) in [5.74, 6) is 0. The molecule has 3 aromatic heterocycles. The molecule has 140 valence electrons. The number of aromatic nitrogens is 4. The Balaban J connectivity index is 1.56. The van der Waals surface area contributed by atoms with Gasteiger partial charge in [0.2, 0.25) is 0 Å². The van der Waals surface area contributed by atoms with Gasteiger partial charge in [-0.1, -0.05) is 5.16 Å². The van der Waals surface area contributed by atoms with Crippen LogP contribution < -0.4 is 10.5 Å². The van der Waals surface area contributed by atoms with Crippen LogP contribution in [0.15, 0.2) is 46.2 Å². The van der Waals surface area contributed by atoms with Crippen molar-refractivity contribution in [1.82, 2.24) is 19.9 Å². The summed E-state index contributed by atoms with van der Waals surface area (Å²) in [5.41, 5.74) is 3.87. The molecule has 1 unspecified atom stereocenters. The summed E-state index contributed by atoms with van der Waals surface area (Å²) in [6.45, 7) is 6.39. The Morgan fingerprint density at radius 1 is 1.30 bits per heavy atom. The molecule has 1 fully saturated rings. The number of pyridine rings is 1. The van der Waals surface area contributed by atoms with Crippen molar-refractivity contribution < 1.29 is 9.26 Å². The minimum Gasteiger partial charge on any atom is -0.375 e. The molecule has 0 N–H and O–H groups in total. The zero-order valence-corrected chi connectivity index (χ0v) is 15.3. The minimum atomic E-state index is -0.166. The maximum atomic E-state index is 12.6. The van der Waals surface area contributed by atoms with Crippen molar-refractivity contribution in [3.05, 3.63) is 58.5 Å². The van der Waals surface area contributed by atoms with Gasteiger partial charge in [0.05, 0.1) is 31.1 Å². The first-order chi connectivity index (χ1) is 13.1. The lowest BCUT2D eigenvalue weighted by atomic mass is 10.1. The predicted molar refractivity (Wildman–Crippen MR) is 99.7 cm³/mol. The van der Waals surface area contributed by atoms with Crippen molar-refractivity contribution >= 4 is 5.69 Å². The van der Waals surface area contributed by atoms with E-state index in [0.717, 1.165) is 35.6 Å². The minimum absolute atomic E-state index is 0.142. The predicted octanol–water partition coefficient (Wildman–Crippen LogP) is 1.88. The highest BCUT2D eigenvalue weighted by atomic mass is 16.5. The van der Waals surface area contributed by atoms with Gasteiger partial charge in [-0.05, 0) is 26.0 Å². The van der Waals surface area contributed by atoms with Gasteiger partial charge >= 0.3 is 0 Å². The number of anilines is 1. The van der Waals surface area contributed by atoms with Crippen LogP contribution in [-0.4, -0.2) is 45.7 Å². The smallest absolute Gasteiger partial charge is 0.269 e. The Morgan fingerprint density at radius 3 is 2.93 bits per heavy atom. The van der Waals surface area contributed by atoms with E-state index in [1.165, 1.54) is 4.68 Å². The van der Waals surface area contributed by atoms with Gasteiger partial charge in [0, 0.05) is 42.2 Å². The van der Waals surface area contributed by atoms with E-state index in [1.54, 1.807) is 24.7 Å². The van der Waals surface area contributed by atoms with E-state index in [4.69, 9.17) is 9.26 Å². The summed E-state index contributed by atoms with van der Waals surface area (Å²) < 4.78 is 12.1. The third kappa shape index (κ3) is 3.75. The third-order valence-corrected chi connectivity index (χ3v) is 4.61. The number of hydrogen-bond donors (Lipinski definition) is 0. The van der Waals surface area contributed by atoms with Gasteiger partial charge in [-0.2, -0.15) is 5.10 Å². The Bertz CT molecular complexity index is 980. The quantitative estimate of drug-likeness (QED) is 0.696. The standard InChI is InChI=1S/C19H21N5O3/c1-13-3-4-15(8-20-13)19-16(12-27-22-19)11-24-18(25)7-17(9-21-24)23-5-6-26-14(2)10-23/h3-4,7-9,12,14H,5-6,10-11H2,1-2H3. The lowest BCUT2D eigenvalue weighted by Crippen LogP contribution is -2.41. The molecule has 4 heterocycles. The van der Waals surface area contributed by atoms with Crippen LogP contribution in [0.2, 0.25) is 0 Å². The molecule has 8 nitrogen and oxygen atoms in total. The first-order valence-electron chi connectivity index (χ1n) is 8.90. The highest BCUT2D eigenvalue weighted by Crippen LogP contribution is 2.22. The zero-order valence-electron chi connectivity index (χ0n) is 15.3. The Hall–Kier alpha value is -3.00. The van der Waals surface area contributed by atoms with E-state index in [1.807, 2.05) is 26.0 Å². The monoisotopic (exact) mass is 367 g/mol. The van der Waals surface area contributed by atoms with E-state index >= 15 is 0 Å². The molecule has 0 spiro atoms. The van der Waals surface area contributed by atoms with Crippen molar-refractivity contribution in [3.63, 3.8) is 0 Å². The van der Waals surface area contributed by atoms with E-state index in [-0.39, 0.29) is 18.2 Å². The maximum Gasteiger partial charge on any atom is 0.269 e. The summed E-state index contributed by atoms with van der Waals surface area (Å²) >= 11 is 0. The molecule has 0 aliphatic carbocycles. The van der Waals surface area contributed by atoms with Gasteiger partial charge in [0.25, 0.3) is 5.56 Å². The van der Waals surface area contributed by atoms with E-state index < -0.39 is 0 Å². The normalized spacial score (nSPS) is 17.3. The second-order valence-corrected chi connectivity index (χ2v) is 6.71. The number of aryl methyl sites for hydroxylation is 1. The largest absolute Gasteiger partial charge is 0.375 e. The van der Waals surface area contributed by atoms with Gasteiger partial charge < -0.3 is 14.2 Å². The highest BCUT2D eigenvalue weighted by molar-refractivity contribution is 5.61. The van der Waals surface area contributed by atoms with Crippen LogP contribution in [0.3, 0.4) is 0 Å². The second kappa shape index (κ2) is 7.32. The van der Waals surface area contributed by atoms with Crippen LogP contribution >= 0.6 is 0 Å². The van der Waals surface area contributed by atoms with Gasteiger partial charge in [-0.25, -0.2) is 4.68 Å². The lowest BCUT2D eigenvalue weighted by molar-refractivity contribution is 0.0532. The van der Waals surface area contributed by atoms with Crippen LogP contribution in [-0.2, 0) is 11.3 Å². The fourth-order valence-corrected chi connectivity index (χ4v) is 3.15. The van der Waals surface area contributed by atoms with Crippen molar-refractivity contribution in [3.8, 4) is 11.3 Å². The molecule has 8 heteroatoms. The van der Waals surface area contributed by atoms with Crippen LogP contribution in [0.4, 0.5) is 5.69 Å². The number of hydrogen-bond acceptors (Lipinski definition) is 7. The molecular weight excluding hydrogens is 346 g/mol. The summed E-state index contributed by atoms with van der Waals surface area (Å²) in [6, 6.07) is 5.46. The maximum absolute atomic E-state index is 12.6. The number of nitrogens with zero attached hydrogens (tertiary/aromatic N) is 5. The summed E-state index contributed by atoms with van der Waals surface area (Å²) in [5, 5.41) is 8.40. The molecule has 0 bridgehead atoms. The summed E-state index contributed by atoms with van der Waals surface area (Å²) in [6.07, 6.45) is 5.15. The molecule has 0 radical (unpaired) electrons. The molecule has 3 aromatic rings. The first-order valence-corrected chi connectivity index (χ1v) is 8.90. The molecule has 0 aromatic carbocycles. The Morgan fingerprint density at radius 2 is 2.19 bits per heavy atom. The number of ether oxygens (including phenoxy) is 1. The molecule has 1 atom stereocenters. The molecule has 4 rings (SSSR count). The Kier molecular flexibility index (Phi) is 4.72. The number of morpholine rings is 1. The average molecular weight is 367 g/mol. The number of rotatable bonds is 4. The lowest BCUT2D eigenvalue weighted by Gasteiger charge is -2.32. The van der Waals surface area contributed by atoms with Crippen LogP contribution in [0.25, 0.3) is 11.3 Å². The second-order valence-electron chi connectivity index (χ2n) is 6.71. The average Bonchev–Trinajstić information content (AvgIpc) is 3.12. The van der Waals surface area contributed by atoms with E-state index in [0.29, 0.717) is 12.3 Å². The molecular formula is C19H21N5O3. The Labute approximate surface area is 156 Å². The van der Waals surface area contributed by atoms with Crippen molar-refractivity contribution in [2.75, 3.05) is 24.6 Å². The topological polar surface area (TPSA) is 86.3 Å². The van der Waals surface area contributed by atoms with Gasteiger partial charge in [0.15, 0.2) is 0 Å². The van der Waals surface area contributed by atoms with Crippen LogP contribution in [0, 0.1) is 6.92 Å². The van der Waals surface area contributed by atoms with Crippen LogP contribution in [0.1, 0.15) is 18.2 Å². The molecule has 27 heavy (non-hydrogen) atoms. The van der Waals surface area contributed by atoms with Crippen molar-refractivity contribution in [1.29, 1.82) is 0 Å². The van der Waals surface area contributed by atoms with Gasteiger partial charge in [-0.3, -0.25) is 9.78 Å². The molecule has 1 aliphatic rings. The zero-order chi connectivity index (χ0) is 18.8. The summed E-state index contributed by atoms with van der Waals surface area (Å²) in [7, 11) is 0. The third-order valence-electron chi connectivity index (χ3n) is 4.61. The molecule has 1 saturated heterocycles. The highest BCUT2D eigenvalue weighted by Gasteiger charge is 2.18. The van der Waals surface area contributed by atoms with Crippen molar-refractivity contribution in [2.24, 2.45) is 0 Å². The van der Waals surface area contributed by atoms with Crippen LogP contribution in [0.5, 0.6) is 0 Å². The molecule has 1 aliphatic heterocycles. The molecule has 0 saturated carbocycles. The van der Waals surface area contributed by atoms with E-state index in [9.17, 15) is 4.79 Å². The van der Waals surface area contributed by atoms with Gasteiger partial charge in [0.1, 0.15) is 12.0 Å². The first kappa shape index (κ1) is 17.4. The SMILES string of the molecule is Cc1ccc(-c2nocc2Cn2ncc(N3CCOC(C)C3)cc2=O)cn1.